The van der Waals surface area contributed by atoms with Crippen LogP contribution in [0.2, 0.25) is 0 Å². The predicted octanol–water partition coefficient (Wildman–Crippen LogP) is 1.64. The quantitative estimate of drug-likeness (QED) is 0.453. The van der Waals surface area contributed by atoms with Crippen molar-refractivity contribution < 1.29 is 33.4 Å². The van der Waals surface area contributed by atoms with Gasteiger partial charge in [-0.2, -0.15) is 0 Å². The maximum atomic E-state index is 12.8. The molecule has 1 saturated carbocycles. The molecule has 2 atom stereocenters. The zero-order chi connectivity index (χ0) is 20.6. The number of rotatable bonds is 5. The number of ether oxygens (including phenoxy) is 3. The Morgan fingerprint density at radius 2 is 2.03 bits per heavy atom. The van der Waals surface area contributed by atoms with Gasteiger partial charge in [-0.3, -0.25) is 19.3 Å². The monoisotopic (exact) mass is 402 g/mol. The molecule has 29 heavy (non-hydrogen) atoms. The van der Waals surface area contributed by atoms with Gasteiger partial charge in [-0.1, -0.05) is 19.8 Å². The van der Waals surface area contributed by atoms with Crippen LogP contribution in [0.5, 0.6) is 11.5 Å². The number of Topliss-reactive ketones (excluding diaryl/α,β-unsaturated/α-hetero) is 1. The highest BCUT2D eigenvalue weighted by Crippen LogP contribution is 2.38. The van der Waals surface area contributed by atoms with Crippen molar-refractivity contribution in [3.8, 4) is 11.5 Å². The minimum Gasteiger partial charge on any atom is -0.456 e. The summed E-state index contributed by atoms with van der Waals surface area (Å²) < 4.78 is 15.4. The molecule has 2 heterocycles. The lowest BCUT2D eigenvalue weighted by Crippen LogP contribution is -2.54. The number of nitrogens with one attached hydrogen (secondary N) is 1. The van der Waals surface area contributed by atoms with E-state index in [0.717, 1.165) is 24.2 Å². The Morgan fingerprint density at radius 1 is 1.24 bits per heavy atom. The van der Waals surface area contributed by atoms with Crippen LogP contribution in [-0.4, -0.2) is 54.1 Å². The average molecular weight is 402 g/mol. The summed E-state index contributed by atoms with van der Waals surface area (Å²) in [5.41, 5.74) is -0.621. The number of amides is 3. The first-order valence-corrected chi connectivity index (χ1v) is 9.63. The van der Waals surface area contributed by atoms with Gasteiger partial charge in [0.05, 0.1) is 0 Å². The first-order valence-electron chi connectivity index (χ1n) is 9.63. The second-order valence-corrected chi connectivity index (χ2v) is 7.59. The number of hydrogen-bond acceptors (Lipinski definition) is 7. The molecule has 1 aromatic carbocycles. The second-order valence-electron chi connectivity index (χ2n) is 7.59. The van der Waals surface area contributed by atoms with Gasteiger partial charge in [0.1, 0.15) is 12.1 Å². The second kappa shape index (κ2) is 7.38. The maximum absolute atomic E-state index is 12.8. The van der Waals surface area contributed by atoms with Gasteiger partial charge in [0.2, 0.25) is 6.79 Å². The van der Waals surface area contributed by atoms with Gasteiger partial charge in [-0.05, 0) is 37.0 Å². The Hall–Kier alpha value is -3.10. The van der Waals surface area contributed by atoms with Crippen molar-refractivity contribution in [2.75, 3.05) is 19.9 Å². The van der Waals surface area contributed by atoms with Crippen molar-refractivity contribution in [3.63, 3.8) is 0 Å². The van der Waals surface area contributed by atoms with E-state index in [1.54, 1.807) is 12.1 Å². The lowest BCUT2D eigenvalue weighted by Gasteiger charge is -2.36. The van der Waals surface area contributed by atoms with Crippen LogP contribution in [0.25, 0.3) is 0 Å². The first-order chi connectivity index (χ1) is 13.9. The summed E-state index contributed by atoms with van der Waals surface area (Å²) in [5, 5.41) is 2.78. The molecule has 154 valence electrons. The highest BCUT2D eigenvalue weighted by molar-refractivity contribution is 6.09. The van der Waals surface area contributed by atoms with E-state index in [1.165, 1.54) is 6.07 Å². The summed E-state index contributed by atoms with van der Waals surface area (Å²) in [6.45, 7) is 1.01. The Kier molecular flexibility index (Phi) is 4.89. The van der Waals surface area contributed by atoms with Crippen molar-refractivity contribution in [2.24, 2.45) is 5.92 Å². The van der Waals surface area contributed by atoms with Crippen LogP contribution in [0, 0.1) is 5.92 Å². The lowest BCUT2D eigenvalue weighted by molar-refractivity contribution is -0.147. The number of hydrogen-bond donors (Lipinski definition) is 1. The minimum absolute atomic E-state index is 0.00121. The molecule has 0 aromatic heterocycles. The number of fused-ring (bicyclic) bond motifs is 1. The van der Waals surface area contributed by atoms with Gasteiger partial charge in [0.15, 0.2) is 23.9 Å². The summed E-state index contributed by atoms with van der Waals surface area (Å²) in [6.07, 6.45) is 3.26. The summed E-state index contributed by atoms with van der Waals surface area (Å²) in [5.74, 6) is -0.638. The zero-order valence-electron chi connectivity index (χ0n) is 16.1. The van der Waals surface area contributed by atoms with Crippen LogP contribution in [0.1, 0.15) is 43.0 Å². The molecule has 1 saturated heterocycles. The van der Waals surface area contributed by atoms with E-state index in [4.69, 9.17) is 14.2 Å². The van der Waals surface area contributed by atoms with Crippen LogP contribution in [-0.2, 0) is 14.3 Å². The Morgan fingerprint density at radius 3 is 2.83 bits per heavy atom. The molecule has 1 aliphatic carbocycles. The number of esters is 1. The third kappa shape index (κ3) is 3.41. The van der Waals surface area contributed by atoms with Crippen LogP contribution < -0.4 is 14.8 Å². The van der Waals surface area contributed by atoms with Crippen molar-refractivity contribution >= 4 is 23.7 Å². The van der Waals surface area contributed by atoms with E-state index in [9.17, 15) is 19.2 Å². The van der Waals surface area contributed by atoms with Gasteiger partial charge in [0.25, 0.3) is 5.91 Å². The highest BCUT2D eigenvalue weighted by atomic mass is 16.7. The Bertz CT molecular complexity index is 884. The van der Waals surface area contributed by atoms with Gasteiger partial charge in [0, 0.05) is 5.56 Å². The minimum atomic E-state index is -0.933. The summed E-state index contributed by atoms with van der Waals surface area (Å²) in [7, 11) is 0. The van der Waals surface area contributed by atoms with Gasteiger partial charge in [-0.25, -0.2) is 4.79 Å². The fraction of sp³-hybridized carbons (Fsp3) is 0.500. The SMILES string of the molecule is C[C@H]1CCCC[C@]12NC(=O)N(CC(=O)OCC(=O)c1ccc3c(c1)OCO3)C2=O. The number of imide groups is 1. The van der Waals surface area contributed by atoms with Gasteiger partial charge < -0.3 is 19.5 Å². The van der Waals surface area contributed by atoms with E-state index in [1.807, 2.05) is 6.92 Å². The standard InChI is InChI=1S/C20H22N2O7/c1-12-4-2-3-7-20(12)18(25)22(19(26)21-20)9-17(24)27-10-14(23)13-5-6-15-16(8-13)29-11-28-15/h5-6,8,12H,2-4,7,9-11H2,1H3,(H,21,26)/t12-,20-/m0/s1. The van der Waals surface area contributed by atoms with E-state index in [-0.39, 0.29) is 12.7 Å². The molecule has 0 radical (unpaired) electrons. The maximum Gasteiger partial charge on any atom is 0.326 e. The third-order valence-electron chi connectivity index (χ3n) is 5.85. The van der Waals surface area contributed by atoms with E-state index in [2.05, 4.69) is 5.32 Å². The van der Waals surface area contributed by atoms with Crippen LogP contribution >= 0.6 is 0 Å². The van der Waals surface area contributed by atoms with Crippen LogP contribution in [0.4, 0.5) is 4.79 Å². The van der Waals surface area contributed by atoms with E-state index < -0.39 is 42.4 Å². The molecule has 0 bridgehead atoms. The largest absolute Gasteiger partial charge is 0.456 e. The Labute approximate surface area is 167 Å². The van der Waals surface area contributed by atoms with Crippen molar-refractivity contribution in [1.82, 2.24) is 10.2 Å². The number of nitrogens with zero attached hydrogens (tertiary/aromatic N) is 1. The molecule has 9 nitrogen and oxygen atoms in total. The number of benzene rings is 1. The molecule has 2 aliphatic heterocycles. The third-order valence-corrected chi connectivity index (χ3v) is 5.85. The molecular weight excluding hydrogens is 380 g/mol. The molecule has 3 amide bonds. The summed E-state index contributed by atoms with van der Waals surface area (Å²) in [4.78, 5) is 50.5. The van der Waals surface area contributed by atoms with Gasteiger partial charge >= 0.3 is 12.0 Å². The van der Waals surface area contributed by atoms with Crippen molar-refractivity contribution in [3.05, 3.63) is 23.8 Å². The number of carbonyl (C=O) groups excluding carboxylic acids is 4. The molecular formula is C20H22N2O7. The fourth-order valence-corrected chi connectivity index (χ4v) is 4.11. The Balaban J connectivity index is 1.34. The summed E-state index contributed by atoms with van der Waals surface area (Å²) >= 11 is 0. The van der Waals surface area contributed by atoms with Crippen LogP contribution in [0.15, 0.2) is 18.2 Å². The summed E-state index contributed by atoms with van der Waals surface area (Å²) in [6, 6.07) is 4.08. The molecule has 2 fully saturated rings. The fourth-order valence-electron chi connectivity index (χ4n) is 4.11. The first kappa shape index (κ1) is 19.2. The van der Waals surface area contributed by atoms with Crippen LogP contribution in [0.3, 0.4) is 0 Å². The lowest BCUT2D eigenvalue weighted by atomic mass is 9.73. The molecule has 1 aromatic rings. The molecule has 3 aliphatic rings. The smallest absolute Gasteiger partial charge is 0.326 e. The predicted molar refractivity (Wildman–Crippen MR) is 98.5 cm³/mol. The van der Waals surface area contributed by atoms with Crippen molar-refractivity contribution in [1.29, 1.82) is 0 Å². The normalized spacial score (nSPS) is 25.3. The van der Waals surface area contributed by atoms with Gasteiger partial charge in [-0.15, -0.1) is 0 Å². The zero-order valence-corrected chi connectivity index (χ0v) is 16.1. The van der Waals surface area contributed by atoms with E-state index in [0.29, 0.717) is 23.5 Å². The number of ketones is 1. The molecule has 9 heteroatoms. The molecule has 0 unspecified atom stereocenters. The molecule has 1 spiro atoms. The van der Waals surface area contributed by atoms with Crippen molar-refractivity contribution in [2.45, 2.75) is 38.1 Å². The average Bonchev–Trinajstić information content (AvgIpc) is 3.27. The highest BCUT2D eigenvalue weighted by Gasteiger charge is 2.55. The molecule has 1 N–H and O–H groups in total. The van der Waals surface area contributed by atoms with E-state index >= 15 is 0 Å². The number of urea groups is 1. The topological polar surface area (TPSA) is 111 Å². The number of carbonyl (C=O) groups is 4. The molecule has 4 rings (SSSR count).